The predicted octanol–water partition coefficient (Wildman–Crippen LogP) is 2.72. The normalized spacial score (nSPS) is 37.3. The molecule has 1 aromatic carbocycles. The third kappa shape index (κ3) is 1.04. The van der Waals surface area contributed by atoms with Gasteiger partial charge in [0.2, 0.25) is 0 Å². The monoisotopic (exact) mass is 224 g/mol. The fourth-order valence-corrected chi connectivity index (χ4v) is 2.80. The van der Waals surface area contributed by atoms with E-state index in [1.807, 2.05) is 12.1 Å². The Morgan fingerprint density at radius 3 is 2.87 bits per heavy atom. The standard InChI is InChI=1S/C12H13ClO2/c1-11-4-5-12(11,14)9-6-8(13)2-3-10(9)15-7-11/h2-3,6,14H,4-5,7H2,1H3. The highest BCUT2D eigenvalue weighted by molar-refractivity contribution is 6.30. The zero-order valence-corrected chi connectivity index (χ0v) is 9.34. The predicted molar refractivity (Wildman–Crippen MR) is 58.2 cm³/mol. The first kappa shape index (κ1) is 9.49. The van der Waals surface area contributed by atoms with Crippen molar-refractivity contribution in [2.45, 2.75) is 25.4 Å². The van der Waals surface area contributed by atoms with Crippen LogP contribution in [0.15, 0.2) is 18.2 Å². The smallest absolute Gasteiger partial charge is 0.125 e. The van der Waals surface area contributed by atoms with Crippen LogP contribution in [0.25, 0.3) is 0 Å². The fraction of sp³-hybridized carbons (Fsp3) is 0.500. The minimum absolute atomic E-state index is 0.134. The van der Waals surface area contributed by atoms with E-state index in [9.17, 15) is 5.11 Å². The average Bonchev–Trinajstić information content (AvgIpc) is 2.22. The van der Waals surface area contributed by atoms with E-state index in [-0.39, 0.29) is 5.41 Å². The Balaban J connectivity index is 2.18. The minimum Gasteiger partial charge on any atom is -0.492 e. The highest BCUT2D eigenvalue weighted by Gasteiger charge is 2.59. The summed E-state index contributed by atoms with van der Waals surface area (Å²) in [6.45, 7) is 2.67. The van der Waals surface area contributed by atoms with Crippen molar-refractivity contribution >= 4 is 11.6 Å². The van der Waals surface area contributed by atoms with Crippen molar-refractivity contribution in [1.82, 2.24) is 0 Å². The van der Waals surface area contributed by atoms with Gasteiger partial charge < -0.3 is 9.84 Å². The fourth-order valence-electron chi connectivity index (χ4n) is 2.63. The second kappa shape index (κ2) is 2.69. The van der Waals surface area contributed by atoms with E-state index in [1.54, 1.807) is 6.07 Å². The Labute approximate surface area is 93.8 Å². The topological polar surface area (TPSA) is 29.5 Å². The first-order valence-electron chi connectivity index (χ1n) is 5.20. The number of hydrogen-bond acceptors (Lipinski definition) is 2. The maximum absolute atomic E-state index is 10.6. The Morgan fingerprint density at radius 2 is 2.20 bits per heavy atom. The lowest BCUT2D eigenvalue weighted by atomic mass is 9.54. The number of rotatable bonds is 0. The van der Waals surface area contributed by atoms with E-state index >= 15 is 0 Å². The molecule has 1 N–H and O–H groups in total. The van der Waals surface area contributed by atoms with Crippen molar-refractivity contribution in [2.75, 3.05) is 6.61 Å². The lowest BCUT2D eigenvalue weighted by Crippen LogP contribution is -2.58. The molecular weight excluding hydrogens is 212 g/mol. The first-order valence-corrected chi connectivity index (χ1v) is 5.58. The number of hydrogen-bond donors (Lipinski definition) is 1. The van der Waals surface area contributed by atoms with Crippen LogP contribution in [0.2, 0.25) is 5.02 Å². The molecule has 1 saturated carbocycles. The summed E-state index contributed by atoms with van der Waals surface area (Å²) in [5.41, 5.74) is -0.00843. The molecule has 0 spiro atoms. The minimum atomic E-state index is -0.731. The van der Waals surface area contributed by atoms with E-state index in [2.05, 4.69) is 6.92 Å². The molecule has 0 aromatic heterocycles. The third-order valence-corrected chi connectivity index (χ3v) is 4.21. The molecule has 3 heteroatoms. The summed E-state index contributed by atoms with van der Waals surface area (Å²) in [6, 6.07) is 5.46. The number of benzene rings is 1. The van der Waals surface area contributed by atoms with Crippen LogP contribution in [-0.4, -0.2) is 11.7 Å². The van der Waals surface area contributed by atoms with E-state index in [1.165, 1.54) is 0 Å². The molecular formula is C12H13ClO2. The summed E-state index contributed by atoms with van der Waals surface area (Å²) >= 11 is 5.95. The average molecular weight is 225 g/mol. The molecule has 1 fully saturated rings. The van der Waals surface area contributed by atoms with Crippen LogP contribution in [0.1, 0.15) is 25.3 Å². The molecule has 0 bridgehead atoms. The highest BCUT2D eigenvalue weighted by atomic mass is 35.5. The molecule has 2 unspecified atom stereocenters. The Hall–Kier alpha value is -0.730. The number of aliphatic hydroxyl groups is 1. The molecule has 1 heterocycles. The van der Waals surface area contributed by atoms with Crippen LogP contribution in [0.5, 0.6) is 5.75 Å². The Morgan fingerprint density at radius 1 is 1.40 bits per heavy atom. The number of ether oxygens (including phenoxy) is 1. The molecule has 1 aliphatic carbocycles. The zero-order valence-electron chi connectivity index (χ0n) is 8.59. The van der Waals surface area contributed by atoms with Gasteiger partial charge in [-0.25, -0.2) is 0 Å². The van der Waals surface area contributed by atoms with Gasteiger partial charge in [-0.2, -0.15) is 0 Å². The van der Waals surface area contributed by atoms with Gasteiger partial charge in [0.05, 0.1) is 6.61 Å². The van der Waals surface area contributed by atoms with Crippen molar-refractivity contribution in [2.24, 2.45) is 5.41 Å². The maximum Gasteiger partial charge on any atom is 0.125 e. The number of halogens is 1. The first-order chi connectivity index (χ1) is 7.05. The van der Waals surface area contributed by atoms with Crippen molar-refractivity contribution in [3.05, 3.63) is 28.8 Å². The molecule has 0 saturated heterocycles. The van der Waals surface area contributed by atoms with Gasteiger partial charge >= 0.3 is 0 Å². The molecule has 0 amide bonds. The summed E-state index contributed by atoms with van der Waals surface area (Å²) in [7, 11) is 0. The van der Waals surface area contributed by atoms with Crippen molar-refractivity contribution in [3.8, 4) is 5.75 Å². The Bertz CT molecular complexity index is 432. The molecule has 2 atom stereocenters. The van der Waals surface area contributed by atoms with Crippen LogP contribution >= 0.6 is 11.6 Å². The molecule has 3 rings (SSSR count). The van der Waals surface area contributed by atoms with Crippen LogP contribution in [-0.2, 0) is 5.60 Å². The van der Waals surface area contributed by atoms with E-state index in [4.69, 9.17) is 16.3 Å². The zero-order chi connectivity index (χ0) is 10.7. The van der Waals surface area contributed by atoms with Gasteiger partial charge in [0, 0.05) is 16.0 Å². The van der Waals surface area contributed by atoms with Crippen LogP contribution < -0.4 is 4.74 Å². The Kier molecular flexibility index (Phi) is 1.70. The summed E-state index contributed by atoms with van der Waals surface area (Å²) in [5.74, 6) is 0.777. The molecule has 2 aliphatic rings. The summed E-state index contributed by atoms with van der Waals surface area (Å²) in [6.07, 6.45) is 1.82. The van der Waals surface area contributed by atoms with Crippen molar-refractivity contribution < 1.29 is 9.84 Å². The van der Waals surface area contributed by atoms with Crippen molar-refractivity contribution in [1.29, 1.82) is 0 Å². The SMILES string of the molecule is CC12CCC1(O)c1cc(Cl)ccc1OC2. The molecule has 0 radical (unpaired) electrons. The molecule has 80 valence electrons. The second-order valence-electron chi connectivity index (χ2n) is 4.85. The molecule has 1 aromatic rings. The number of fused-ring (bicyclic) bond motifs is 3. The van der Waals surface area contributed by atoms with Gasteiger partial charge in [0.1, 0.15) is 11.4 Å². The van der Waals surface area contributed by atoms with Crippen molar-refractivity contribution in [3.63, 3.8) is 0 Å². The van der Waals surface area contributed by atoms with Gasteiger partial charge in [-0.05, 0) is 31.0 Å². The van der Waals surface area contributed by atoms with E-state index in [0.717, 1.165) is 24.2 Å². The third-order valence-electron chi connectivity index (χ3n) is 3.97. The molecule has 2 nitrogen and oxygen atoms in total. The van der Waals surface area contributed by atoms with Gasteiger partial charge in [0.25, 0.3) is 0 Å². The van der Waals surface area contributed by atoms with Crippen LogP contribution in [0, 0.1) is 5.41 Å². The highest BCUT2D eigenvalue weighted by Crippen LogP contribution is 2.60. The lowest BCUT2D eigenvalue weighted by Gasteiger charge is -2.57. The summed E-state index contributed by atoms with van der Waals surface area (Å²) in [4.78, 5) is 0. The van der Waals surface area contributed by atoms with Gasteiger partial charge in [-0.1, -0.05) is 18.5 Å². The summed E-state index contributed by atoms with van der Waals surface area (Å²) in [5, 5.41) is 11.3. The van der Waals surface area contributed by atoms with Crippen LogP contribution in [0.3, 0.4) is 0 Å². The van der Waals surface area contributed by atoms with Gasteiger partial charge in [-0.15, -0.1) is 0 Å². The second-order valence-corrected chi connectivity index (χ2v) is 5.29. The maximum atomic E-state index is 10.6. The largest absolute Gasteiger partial charge is 0.492 e. The summed E-state index contributed by atoms with van der Waals surface area (Å²) < 4.78 is 5.66. The van der Waals surface area contributed by atoms with Gasteiger partial charge in [0.15, 0.2) is 0 Å². The van der Waals surface area contributed by atoms with Gasteiger partial charge in [-0.3, -0.25) is 0 Å². The van der Waals surface area contributed by atoms with E-state index < -0.39 is 5.60 Å². The van der Waals surface area contributed by atoms with Crippen LogP contribution in [0.4, 0.5) is 0 Å². The van der Waals surface area contributed by atoms with E-state index in [0.29, 0.717) is 11.6 Å². The quantitative estimate of drug-likeness (QED) is 0.734. The molecule has 1 aliphatic heterocycles. The molecule has 15 heavy (non-hydrogen) atoms. The lowest BCUT2D eigenvalue weighted by molar-refractivity contribution is -0.194.